The molecule has 1 rings (SSSR count). The van der Waals surface area contributed by atoms with Gasteiger partial charge in [-0.05, 0) is 46.4 Å². The molecule has 0 radical (unpaired) electrons. The number of nitrogens with one attached hydrogen (secondary N) is 1. The number of pyridine rings is 1. The average Bonchev–Trinajstić information content (AvgIpc) is 2.22. The number of aryl methyl sites for hydroxylation is 1. The molecule has 0 aromatic carbocycles. The van der Waals surface area contributed by atoms with Crippen molar-refractivity contribution in [3.05, 3.63) is 23.4 Å². The molecule has 1 aromatic heterocycles. The Labute approximate surface area is 98.9 Å². The first-order chi connectivity index (χ1) is 7.60. The Morgan fingerprint density at radius 2 is 2.06 bits per heavy atom. The van der Waals surface area contributed by atoms with Crippen LogP contribution in [0.15, 0.2) is 12.1 Å². The van der Waals surface area contributed by atoms with Crippen molar-refractivity contribution >= 4 is 5.82 Å². The molecule has 1 N–H and O–H groups in total. The van der Waals surface area contributed by atoms with Gasteiger partial charge < -0.3 is 10.2 Å². The van der Waals surface area contributed by atoms with Crippen molar-refractivity contribution in [1.82, 2.24) is 10.3 Å². The van der Waals surface area contributed by atoms with Gasteiger partial charge in [0.15, 0.2) is 0 Å². The molecule has 0 spiro atoms. The molecular weight excluding hydrogens is 198 g/mol. The third-order valence-corrected chi connectivity index (χ3v) is 2.81. The molecular formula is C13H23N3. The number of nitrogens with zero attached hydrogens (tertiary/aromatic N) is 2. The molecule has 0 aliphatic carbocycles. The van der Waals surface area contributed by atoms with Crippen LogP contribution in [0.25, 0.3) is 0 Å². The smallest absolute Gasteiger partial charge is 0.129 e. The Bertz CT molecular complexity index is 334. The van der Waals surface area contributed by atoms with E-state index in [-0.39, 0.29) is 0 Å². The summed E-state index contributed by atoms with van der Waals surface area (Å²) in [5.41, 5.74) is 2.39. The molecule has 0 amide bonds. The summed E-state index contributed by atoms with van der Waals surface area (Å²) >= 11 is 0. The highest BCUT2D eigenvalue weighted by atomic mass is 15.2. The Morgan fingerprint density at radius 3 is 2.50 bits per heavy atom. The highest BCUT2D eigenvalue weighted by Gasteiger charge is 2.10. The first kappa shape index (κ1) is 13.0. The van der Waals surface area contributed by atoms with Crippen LogP contribution < -0.4 is 10.2 Å². The minimum absolute atomic E-state index is 0.493. The van der Waals surface area contributed by atoms with E-state index in [9.17, 15) is 0 Å². The van der Waals surface area contributed by atoms with E-state index in [1.807, 2.05) is 7.05 Å². The summed E-state index contributed by atoms with van der Waals surface area (Å²) in [7, 11) is 1.96. The van der Waals surface area contributed by atoms with Gasteiger partial charge in [-0.15, -0.1) is 0 Å². The van der Waals surface area contributed by atoms with Crippen LogP contribution in [-0.2, 0) is 6.54 Å². The number of rotatable bonds is 5. The van der Waals surface area contributed by atoms with Gasteiger partial charge in [0.05, 0.1) is 0 Å². The third kappa shape index (κ3) is 2.95. The van der Waals surface area contributed by atoms with Crippen LogP contribution in [0.4, 0.5) is 5.82 Å². The Kier molecular flexibility index (Phi) is 4.74. The molecule has 0 saturated heterocycles. The first-order valence-corrected chi connectivity index (χ1v) is 5.97. The molecule has 0 saturated carbocycles. The van der Waals surface area contributed by atoms with E-state index in [4.69, 9.17) is 0 Å². The molecule has 3 heteroatoms. The maximum absolute atomic E-state index is 4.67. The third-order valence-electron chi connectivity index (χ3n) is 2.81. The van der Waals surface area contributed by atoms with Crippen LogP contribution in [-0.4, -0.2) is 24.6 Å². The molecule has 1 aromatic rings. The van der Waals surface area contributed by atoms with E-state index >= 15 is 0 Å². The van der Waals surface area contributed by atoms with Crippen molar-refractivity contribution in [3.8, 4) is 0 Å². The predicted molar refractivity (Wildman–Crippen MR) is 69.9 cm³/mol. The van der Waals surface area contributed by atoms with Crippen molar-refractivity contribution in [2.75, 3.05) is 18.5 Å². The fraction of sp³-hybridized carbons (Fsp3) is 0.615. The fourth-order valence-corrected chi connectivity index (χ4v) is 1.91. The van der Waals surface area contributed by atoms with E-state index in [2.05, 4.69) is 55.0 Å². The number of anilines is 1. The molecule has 0 unspecified atom stereocenters. The van der Waals surface area contributed by atoms with E-state index in [1.54, 1.807) is 0 Å². The standard InChI is InChI=1S/C13H23N3/c1-6-16(10(2)3)13-8-7-12(9-14-5)11(4)15-13/h7-8,10,14H,6,9H2,1-5H3. The summed E-state index contributed by atoms with van der Waals surface area (Å²) in [5.74, 6) is 1.08. The Hall–Kier alpha value is -1.09. The average molecular weight is 221 g/mol. The molecule has 1 heterocycles. The summed E-state index contributed by atoms with van der Waals surface area (Å²) < 4.78 is 0. The Morgan fingerprint density at radius 1 is 1.38 bits per heavy atom. The normalized spacial score (nSPS) is 10.9. The molecule has 0 fully saturated rings. The van der Waals surface area contributed by atoms with Crippen LogP contribution in [0, 0.1) is 6.92 Å². The van der Waals surface area contributed by atoms with Gasteiger partial charge in [0, 0.05) is 24.8 Å². The minimum atomic E-state index is 0.493. The second-order valence-electron chi connectivity index (χ2n) is 4.32. The van der Waals surface area contributed by atoms with Crippen LogP contribution in [0.3, 0.4) is 0 Å². The molecule has 3 nitrogen and oxygen atoms in total. The molecule has 16 heavy (non-hydrogen) atoms. The topological polar surface area (TPSA) is 28.2 Å². The van der Waals surface area contributed by atoms with E-state index < -0.39 is 0 Å². The zero-order valence-electron chi connectivity index (χ0n) is 11.0. The lowest BCUT2D eigenvalue weighted by atomic mass is 10.2. The van der Waals surface area contributed by atoms with Gasteiger partial charge in [0.2, 0.25) is 0 Å². The van der Waals surface area contributed by atoms with Gasteiger partial charge in [0.25, 0.3) is 0 Å². The van der Waals surface area contributed by atoms with Crippen LogP contribution in [0.2, 0.25) is 0 Å². The monoisotopic (exact) mass is 221 g/mol. The van der Waals surface area contributed by atoms with Gasteiger partial charge >= 0.3 is 0 Å². The largest absolute Gasteiger partial charge is 0.354 e. The molecule has 0 atom stereocenters. The summed E-state index contributed by atoms with van der Waals surface area (Å²) in [6, 6.07) is 4.77. The molecule has 0 aliphatic heterocycles. The van der Waals surface area contributed by atoms with Crippen LogP contribution in [0.5, 0.6) is 0 Å². The van der Waals surface area contributed by atoms with Crippen molar-refractivity contribution in [2.24, 2.45) is 0 Å². The highest BCUT2D eigenvalue weighted by molar-refractivity contribution is 5.42. The highest BCUT2D eigenvalue weighted by Crippen LogP contribution is 2.16. The van der Waals surface area contributed by atoms with Gasteiger partial charge in [0.1, 0.15) is 5.82 Å². The van der Waals surface area contributed by atoms with E-state index in [1.165, 1.54) is 5.56 Å². The second kappa shape index (κ2) is 5.85. The van der Waals surface area contributed by atoms with Gasteiger partial charge in [-0.3, -0.25) is 0 Å². The quantitative estimate of drug-likeness (QED) is 0.827. The summed E-state index contributed by atoms with van der Waals surface area (Å²) in [4.78, 5) is 6.97. The number of hydrogen-bond donors (Lipinski definition) is 1. The maximum atomic E-state index is 4.67. The lowest BCUT2D eigenvalue weighted by Gasteiger charge is -2.26. The predicted octanol–water partition coefficient (Wildman–Crippen LogP) is 2.34. The fourth-order valence-electron chi connectivity index (χ4n) is 1.91. The lowest BCUT2D eigenvalue weighted by molar-refractivity contribution is 0.690. The van der Waals surface area contributed by atoms with Crippen molar-refractivity contribution in [1.29, 1.82) is 0 Å². The van der Waals surface area contributed by atoms with Gasteiger partial charge in [-0.2, -0.15) is 0 Å². The minimum Gasteiger partial charge on any atom is -0.354 e. The second-order valence-corrected chi connectivity index (χ2v) is 4.32. The van der Waals surface area contributed by atoms with E-state index in [0.29, 0.717) is 6.04 Å². The number of aromatic nitrogens is 1. The van der Waals surface area contributed by atoms with Crippen LogP contribution in [0.1, 0.15) is 32.0 Å². The van der Waals surface area contributed by atoms with Crippen molar-refractivity contribution in [2.45, 2.75) is 40.3 Å². The lowest BCUT2D eigenvalue weighted by Crippen LogP contribution is -2.31. The van der Waals surface area contributed by atoms with Gasteiger partial charge in [-0.25, -0.2) is 4.98 Å². The number of hydrogen-bond acceptors (Lipinski definition) is 3. The zero-order valence-corrected chi connectivity index (χ0v) is 11.0. The summed E-state index contributed by atoms with van der Waals surface area (Å²) in [6.07, 6.45) is 0. The molecule has 0 bridgehead atoms. The van der Waals surface area contributed by atoms with Crippen LogP contribution >= 0.6 is 0 Å². The zero-order chi connectivity index (χ0) is 12.1. The maximum Gasteiger partial charge on any atom is 0.129 e. The Balaban J connectivity index is 2.95. The SMILES string of the molecule is CCN(c1ccc(CNC)c(C)n1)C(C)C. The van der Waals surface area contributed by atoms with Crippen molar-refractivity contribution < 1.29 is 0 Å². The molecule has 90 valence electrons. The molecule has 0 aliphatic rings. The first-order valence-electron chi connectivity index (χ1n) is 5.97. The summed E-state index contributed by atoms with van der Waals surface area (Å²) in [5, 5.41) is 3.16. The summed E-state index contributed by atoms with van der Waals surface area (Å²) in [6.45, 7) is 10.5. The van der Waals surface area contributed by atoms with Crippen molar-refractivity contribution in [3.63, 3.8) is 0 Å². The van der Waals surface area contributed by atoms with Gasteiger partial charge in [-0.1, -0.05) is 6.07 Å². The van der Waals surface area contributed by atoms with E-state index in [0.717, 1.165) is 24.6 Å².